The van der Waals surface area contributed by atoms with E-state index in [9.17, 15) is 9.18 Å². The maximum Gasteiger partial charge on any atom is 0.272 e. The van der Waals surface area contributed by atoms with Crippen molar-refractivity contribution in [2.24, 2.45) is 0 Å². The molecule has 9 heteroatoms. The smallest absolute Gasteiger partial charge is 0.272 e. The van der Waals surface area contributed by atoms with Gasteiger partial charge in [-0.05, 0) is 54.4 Å². The first-order valence-corrected chi connectivity index (χ1v) is 11.2. The Kier molecular flexibility index (Phi) is 6.98. The lowest BCUT2D eigenvalue weighted by atomic mass is 10.2. The van der Waals surface area contributed by atoms with Gasteiger partial charge in [-0.1, -0.05) is 53.9 Å². The van der Waals surface area contributed by atoms with Gasteiger partial charge in [-0.25, -0.2) is 14.4 Å². The third-order valence-electron chi connectivity index (χ3n) is 5.00. The summed E-state index contributed by atoms with van der Waals surface area (Å²) >= 11 is 18.6. The summed E-state index contributed by atoms with van der Waals surface area (Å²) in [6, 6.07) is 14.5. The first-order chi connectivity index (χ1) is 15.9. The number of hydrogen-bond acceptors (Lipinski definition) is 3. The van der Waals surface area contributed by atoms with Crippen LogP contribution in [0.25, 0.3) is 17.2 Å². The molecule has 0 aliphatic heterocycles. The van der Waals surface area contributed by atoms with Gasteiger partial charge in [0.2, 0.25) is 0 Å². The highest BCUT2D eigenvalue weighted by Crippen LogP contribution is 2.33. The standard InChI is InChI=1S/C24H18Cl3FN4O/c1-2-20-22(24(33)30-12-14-3-7-17(28)8-4-14)31-23(18-9-5-15(25)11-19(18)27)32(20)21-10-6-16(26)13-29-21/h3-11,13H,2,12H2,1H3,(H,30,33). The van der Waals surface area contributed by atoms with Gasteiger partial charge in [0.25, 0.3) is 5.91 Å². The Labute approximate surface area is 205 Å². The number of rotatable bonds is 6. The zero-order valence-corrected chi connectivity index (χ0v) is 19.7. The van der Waals surface area contributed by atoms with Gasteiger partial charge >= 0.3 is 0 Å². The van der Waals surface area contributed by atoms with Crippen molar-refractivity contribution in [1.82, 2.24) is 19.9 Å². The Hall–Kier alpha value is -2.93. The van der Waals surface area contributed by atoms with Gasteiger partial charge < -0.3 is 5.32 Å². The molecule has 33 heavy (non-hydrogen) atoms. The lowest BCUT2D eigenvalue weighted by molar-refractivity contribution is 0.0945. The van der Waals surface area contributed by atoms with Gasteiger partial charge in [0.1, 0.15) is 17.5 Å². The molecule has 4 aromatic rings. The van der Waals surface area contributed by atoms with E-state index in [0.717, 1.165) is 5.56 Å². The molecule has 0 bridgehead atoms. The SMILES string of the molecule is CCc1c(C(=O)NCc2ccc(F)cc2)nc(-c2ccc(Cl)cc2Cl)n1-c1ccc(Cl)cn1. The van der Waals surface area contributed by atoms with Crippen molar-refractivity contribution in [3.05, 3.63) is 98.6 Å². The predicted octanol–water partition coefficient (Wildman–Crippen LogP) is 6.53. The van der Waals surface area contributed by atoms with Crippen LogP contribution in [0.1, 0.15) is 28.7 Å². The molecule has 0 spiro atoms. The zero-order chi connectivity index (χ0) is 23.5. The molecule has 0 radical (unpaired) electrons. The second-order valence-electron chi connectivity index (χ2n) is 7.19. The first-order valence-electron chi connectivity index (χ1n) is 10.1. The van der Waals surface area contributed by atoms with Crippen LogP contribution in [0.15, 0.2) is 60.8 Å². The Morgan fingerprint density at radius 1 is 1.03 bits per heavy atom. The number of carbonyl (C=O) groups is 1. The number of carbonyl (C=O) groups excluding carboxylic acids is 1. The molecule has 0 saturated heterocycles. The lowest BCUT2D eigenvalue weighted by Gasteiger charge is -2.12. The molecular formula is C24H18Cl3FN4O. The van der Waals surface area contributed by atoms with Gasteiger partial charge in [0, 0.05) is 23.3 Å². The van der Waals surface area contributed by atoms with Crippen LogP contribution in [0.3, 0.4) is 0 Å². The largest absolute Gasteiger partial charge is 0.347 e. The Morgan fingerprint density at radius 2 is 1.76 bits per heavy atom. The summed E-state index contributed by atoms with van der Waals surface area (Å²) in [7, 11) is 0. The highest BCUT2D eigenvalue weighted by Gasteiger charge is 2.25. The number of aromatic nitrogens is 3. The molecule has 0 atom stereocenters. The molecule has 0 fully saturated rings. The van der Waals surface area contributed by atoms with Crippen molar-refractivity contribution in [2.45, 2.75) is 19.9 Å². The van der Waals surface area contributed by atoms with E-state index in [2.05, 4.69) is 15.3 Å². The number of pyridine rings is 1. The van der Waals surface area contributed by atoms with E-state index in [1.807, 2.05) is 6.92 Å². The van der Waals surface area contributed by atoms with Crippen molar-refractivity contribution < 1.29 is 9.18 Å². The molecule has 1 amide bonds. The van der Waals surface area contributed by atoms with Crippen molar-refractivity contribution >= 4 is 40.7 Å². The second kappa shape index (κ2) is 9.91. The summed E-state index contributed by atoms with van der Waals surface area (Å²) in [4.78, 5) is 22.2. The molecule has 2 aromatic carbocycles. The maximum atomic E-state index is 13.2. The number of halogens is 4. The van der Waals surface area contributed by atoms with E-state index < -0.39 is 0 Å². The number of amides is 1. The summed E-state index contributed by atoms with van der Waals surface area (Å²) in [5.41, 5.74) is 2.27. The van der Waals surface area contributed by atoms with Crippen molar-refractivity contribution in [3.8, 4) is 17.2 Å². The minimum absolute atomic E-state index is 0.228. The molecule has 0 unspecified atom stereocenters. The number of imidazole rings is 1. The van der Waals surface area contributed by atoms with Crippen LogP contribution in [-0.2, 0) is 13.0 Å². The summed E-state index contributed by atoms with van der Waals surface area (Å²) in [5, 5.41) is 4.22. The Bertz CT molecular complexity index is 1300. The molecule has 0 aliphatic rings. The first kappa shape index (κ1) is 23.2. The van der Waals surface area contributed by atoms with E-state index >= 15 is 0 Å². The van der Waals surface area contributed by atoms with Gasteiger partial charge in [0.15, 0.2) is 5.69 Å². The molecular weight excluding hydrogens is 486 g/mol. The maximum absolute atomic E-state index is 13.2. The minimum Gasteiger partial charge on any atom is -0.347 e. The molecule has 168 valence electrons. The van der Waals surface area contributed by atoms with Crippen LogP contribution in [0.4, 0.5) is 4.39 Å². The van der Waals surface area contributed by atoms with Crippen molar-refractivity contribution in [1.29, 1.82) is 0 Å². The van der Waals surface area contributed by atoms with Gasteiger partial charge in [-0.15, -0.1) is 0 Å². The molecule has 2 aromatic heterocycles. The van der Waals surface area contributed by atoms with Crippen LogP contribution in [-0.4, -0.2) is 20.4 Å². The van der Waals surface area contributed by atoms with E-state index in [4.69, 9.17) is 34.8 Å². The highest BCUT2D eigenvalue weighted by molar-refractivity contribution is 6.36. The fourth-order valence-corrected chi connectivity index (χ4v) is 4.03. The predicted molar refractivity (Wildman–Crippen MR) is 129 cm³/mol. The lowest BCUT2D eigenvalue weighted by Crippen LogP contribution is -2.24. The van der Waals surface area contributed by atoms with E-state index in [-0.39, 0.29) is 24.0 Å². The average Bonchev–Trinajstić information content (AvgIpc) is 3.18. The average molecular weight is 504 g/mol. The van der Waals surface area contributed by atoms with Gasteiger partial charge in [-0.3, -0.25) is 9.36 Å². The monoisotopic (exact) mass is 502 g/mol. The van der Waals surface area contributed by atoms with Crippen LogP contribution in [0, 0.1) is 5.82 Å². The zero-order valence-electron chi connectivity index (χ0n) is 17.4. The Morgan fingerprint density at radius 3 is 2.39 bits per heavy atom. The fraction of sp³-hybridized carbons (Fsp3) is 0.125. The van der Waals surface area contributed by atoms with E-state index in [1.54, 1.807) is 47.0 Å². The van der Waals surface area contributed by atoms with Crippen LogP contribution < -0.4 is 5.32 Å². The van der Waals surface area contributed by atoms with Gasteiger partial charge in [-0.2, -0.15) is 0 Å². The summed E-state index contributed by atoms with van der Waals surface area (Å²) in [5.74, 6) is 0.296. The third kappa shape index (κ3) is 5.03. The van der Waals surface area contributed by atoms with E-state index in [0.29, 0.717) is 44.4 Å². The van der Waals surface area contributed by atoms with Crippen molar-refractivity contribution in [3.63, 3.8) is 0 Å². The molecule has 5 nitrogen and oxygen atoms in total. The minimum atomic E-state index is -0.366. The summed E-state index contributed by atoms with van der Waals surface area (Å²) in [6.07, 6.45) is 2.03. The highest BCUT2D eigenvalue weighted by atomic mass is 35.5. The number of benzene rings is 2. The van der Waals surface area contributed by atoms with Crippen LogP contribution >= 0.6 is 34.8 Å². The molecule has 4 rings (SSSR count). The number of hydrogen-bond donors (Lipinski definition) is 1. The molecule has 2 heterocycles. The van der Waals surface area contributed by atoms with Gasteiger partial charge in [0.05, 0.1) is 15.7 Å². The quantitative estimate of drug-likeness (QED) is 0.326. The Balaban J connectivity index is 1.79. The van der Waals surface area contributed by atoms with Crippen molar-refractivity contribution in [2.75, 3.05) is 0 Å². The van der Waals surface area contributed by atoms with Crippen LogP contribution in [0.5, 0.6) is 0 Å². The molecule has 0 aliphatic carbocycles. The summed E-state index contributed by atoms with van der Waals surface area (Å²) < 4.78 is 15.0. The number of nitrogens with zero attached hydrogens (tertiary/aromatic N) is 3. The van der Waals surface area contributed by atoms with E-state index in [1.165, 1.54) is 18.3 Å². The van der Waals surface area contributed by atoms with Crippen LogP contribution in [0.2, 0.25) is 15.1 Å². The normalized spacial score (nSPS) is 10.9. The summed E-state index contributed by atoms with van der Waals surface area (Å²) in [6.45, 7) is 2.15. The number of nitrogens with one attached hydrogen (secondary N) is 1. The topological polar surface area (TPSA) is 59.8 Å². The molecule has 1 N–H and O–H groups in total. The third-order valence-corrected chi connectivity index (χ3v) is 5.77. The molecule has 0 saturated carbocycles. The second-order valence-corrected chi connectivity index (χ2v) is 8.47. The fourth-order valence-electron chi connectivity index (χ4n) is 3.43.